The van der Waals surface area contributed by atoms with Gasteiger partial charge >= 0.3 is 0 Å². The number of pyridine rings is 2. The zero-order valence-electron chi connectivity index (χ0n) is 16.7. The van der Waals surface area contributed by atoms with Crippen LogP contribution in [0.1, 0.15) is 48.9 Å². The summed E-state index contributed by atoms with van der Waals surface area (Å²) in [6.45, 7) is 4.13. The number of aromatic nitrogens is 2. The number of hydrogen-bond donors (Lipinski definition) is 0. The normalized spacial score (nSPS) is 15.5. The maximum Gasteiger partial charge on any atom is 0.227 e. The molecule has 0 saturated heterocycles. The standard InChI is InChI=1S/C25H26N2O/c1-16-8-10-20(24-23(16)21-11-9-17(2)27-25(21)28-24)22-15-19(12-13-26-22)14-18-6-4-3-5-7-18/h8-13,15,18H,3-7,14H2,1-2H3. The number of aryl methyl sites for hydroxylation is 2. The van der Waals surface area contributed by atoms with E-state index in [2.05, 4.69) is 47.2 Å². The van der Waals surface area contributed by atoms with E-state index in [-0.39, 0.29) is 0 Å². The Balaban J connectivity index is 1.60. The lowest BCUT2D eigenvalue weighted by atomic mass is 9.85. The molecular weight excluding hydrogens is 344 g/mol. The van der Waals surface area contributed by atoms with Crippen LogP contribution in [-0.2, 0) is 6.42 Å². The Morgan fingerprint density at radius 1 is 1.00 bits per heavy atom. The summed E-state index contributed by atoms with van der Waals surface area (Å²) in [5.41, 5.74) is 7.23. The number of hydrogen-bond acceptors (Lipinski definition) is 3. The topological polar surface area (TPSA) is 38.9 Å². The van der Waals surface area contributed by atoms with Crippen molar-refractivity contribution in [3.63, 3.8) is 0 Å². The third kappa shape index (κ3) is 3.09. The van der Waals surface area contributed by atoms with Crippen molar-refractivity contribution in [2.24, 2.45) is 5.92 Å². The van der Waals surface area contributed by atoms with Crippen molar-refractivity contribution in [3.8, 4) is 11.3 Å². The zero-order chi connectivity index (χ0) is 19.1. The van der Waals surface area contributed by atoms with E-state index in [0.29, 0.717) is 5.71 Å². The first-order valence-electron chi connectivity index (χ1n) is 10.4. The van der Waals surface area contributed by atoms with Gasteiger partial charge < -0.3 is 4.42 Å². The second-order valence-corrected chi connectivity index (χ2v) is 8.30. The molecule has 28 heavy (non-hydrogen) atoms. The van der Waals surface area contributed by atoms with Crippen molar-refractivity contribution in [2.75, 3.05) is 0 Å². The summed E-state index contributed by atoms with van der Waals surface area (Å²) in [4.78, 5) is 9.29. The van der Waals surface area contributed by atoms with Crippen molar-refractivity contribution in [2.45, 2.75) is 52.4 Å². The monoisotopic (exact) mass is 370 g/mol. The quantitative estimate of drug-likeness (QED) is 0.399. The Labute approximate surface area is 165 Å². The summed E-state index contributed by atoms with van der Waals surface area (Å²) in [7, 11) is 0. The van der Waals surface area contributed by atoms with Gasteiger partial charge in [-0.3, -0.25) is 4.98 Å². The molecule has 0 unspecified atom stereocenters. The molecule has 0 atom stereocenters. The zero-order valence-corrected chi connectivity index (χ0v) is 16.7. The van der Waals surface area contributed by atoms with E-state index in [0.717, 1.165) is 45.6 Å². The predicted molar refractivity (Wildman–Crippen MR) is 114 cm³/mol. The van der Waals surface area contributed by atoms with Crippen molar-refractivity contribution < 1.29 is 4.42 Å². The van der Waals surface area contributed by atoms with E-state index in [1.165, 1.54) is 43.2 Å². The van der Waals surface area contributed by atoms with Crippen LogP contribution >= 0.6 is 0 Å². The minimum atomic E-state index is 0.712. The van der Waals surface area contributed by atoms with E-state index >= 15 is 0 Å². The maximum atomic E-state index is 6.24. The lowest BCUT2D eigenvalue weighted by Gasteiger charge is -2.21. The van der Waals surface area contributed by atoms with Gasteiger partial charge in [-0.05, 0) is 67.6 Å². The molecule has 1 aromatic carbocycles. The number of fused-ring (bicyclic) bond motifs is 3. The van der Waals surface area contributed by atoms with Gasteiger partial charge in [0.05, 0.1) is 5.69 Å². The molecule has 0 bridgehead atoms. The molecule has 1 aliphatic rings. The molecule has 142 valence electrons. The van der Waals surface area contributed by atoms with Crippen molar-refractivity contribution in [1.82, 2.24) is 9.97 Å². The molecule has 1 fully saturated rings. The molecule has 0 radical (unpaired) electrons. The number of nitrogens with zero attached hydrogens (tertiary/aromatic N) is 2. The van der Waals surface area contributed by atoms with E-state index in [1.807, 2.05) is 19.2 Å². The lowest BCUT2D eigenvalue weighted by molar-refractivity contribution is 0.356. The minimum absolute atomic E-state index is 0.712. The van der Waals surface area contributed by atoms with Crippen LogP contribution in [0.25, 0.3) is 33.3 Å². The van der Waals surface area contributed by atoms with Crippen molar-refractivity contribution >= 4 is 22.1 Å². The fraction of sp³-hybridized carbons (Fsp3) is 0.360. The highest BCUT2D eigenvalue weighted by Crippen LogP contribution is 2.37. The molecule has 5 rings (SSSR count). The first-order valence-corrected chi connectivity index (χ1v) is 10.4. The van der Waals surface area contributed by atoms with E-state index < -0.39 is 0 Å². The van der Waals surface area contributed by atoms with Gasteiger partial charge in [0.25, 0.3) is 0 Å². The fourth-order valence-corrected chi connectivity index (χ4v) is 4.69. The Bertz CT molecular complexity index is 1150. The summed E-state index contributed by atoms with van der Waals surface area (Å²) < 4.78 is 6.24. The summed E-state index contributed by atoms with van der Waals surface area (Å²) in [6.07, 6.45) is 10.00. The third-order valence-electron chi connectivity index (χ3n) is 6.18. The highest BCUT2D eigenvalue weighted by molar-refractivity contribution is 6.10. The molecule has 0 amide bonds. The molecule has 3 heteroatoms. The molecule has 3 aromatic heterocycles. The third-order valence-corrected chi connectivity index (χ3v) is 6.18. The highest BCUT2D eigenvalue weighted by Gasteiger charge is 2.18. The van der Waals surface area contributed by atoms with Crippen LogP contribution in [0.5, 0.6) is 0 Å². The molecule has 0 aliphatic heterocycles. The minimum Gasteiger partial charge on any atom is -0.437 e. The van der Waals surface area contributed by atoms with Crippen molar-refractivity contribution in [3.05, 3.63) is 59.4 Å². The first kappa shape index (κ1) is 17.4. The lowest BCUT2D eigenvalue weighted by Crippen LogP contribution is -2.09. The largest absolute Gasteiger partial charge is 0.437 e. The smallest absolute Gasteiger partial charge is 0.227 e. The summed E-state index contributed by atoms with van der Waals surface area (Å²) >= 11 is 0. The van der Waals surface area contributed by atoms with E-state index in [1.54, 1.807) is 0 Å². The average Bonchev–Trinajstić information content (AvgIpc) is 3.08. The Morgan fingerprint density at radius 3 is 2.71 bits per heavy atom. The first-order chi connectivity index (χ1) is 13.7. The summed E-state index contributed by atoms with van der Waals surface area (Å²) in [5, 5.41) is 2.23. The SMILES string of the molecule is Cc1ccc2c(n1)oc1c(-c3cc(CC4CCCCC4)ccn3)ccc(C)c12. The highest BCUT2D eigenvalue weighted by atomic mass is 16.3. The molecule has 3 heterocycles. The van der Waals surface area contributed by atoms with Gasteiger partial charge in [0.15, 0.2) is 0 Å². The molecule has 4 aromatic rings. The van der Waals surface area contributed by atoms with Gasteiger partial charge in [0.1, 0.15) is 5.58 Å². The van der Waals surface area contributed by atoms with Gasteiger partial charge in [-0.2, -0.15) is 0 Å². The van der Waals surface area contributed by atoms with Crippen LogP contribution in [0, 0.1) is 19.8 Å². The van der Waals surface area contributed by atoms with Crippen molar-refractivity contribution in [1.29, 1.82) is 0 Å². The number of furan rings is 1. The maximum absolute atomic E-state index is 6.24. The van der Waals surface area contributed by atoms with Crippen LogP contribution < -0.4 is 0 Å². The molecule has 1 aliphatic carbocycles. The molecule has 3 nitrogen and oxygen atoms in total. The fourth-order valence-electron chi connectivity index (χ4n) is 4.69. The van der Waals surface area contributed by atoms with E-state index in [9.17, 15) is 0 Å². The second-order valence-electron chi connectivity index (χ2n) is 8.30. The van der Waals surface area contributed by atoms with Crippen LogP contribution in [0.4, 0.5) is 0 Å². The molecular formula is C25H26N2O. The van der Waals surface area contributed by atoms with Crippen LogP contribution in [0.3, 0.4) is 0 Å². The average molecular weight is 370 g/mol. The Kier molecular flexibility index (Phi) is 4.38. The van der Waals surface area contributed by atoms with Crippen LogP contribution in [0.15, 0.2) is 47.0 Å². The molecule has 0 N–H and O–H groups in total. The van der Waals surface area contributed by atoms with Crippen LogP contribution in [-0.4, -0.2) is 9.97 Å². The number of rotatable bonds is 3. The van der Waals surface area contributed by atoms with E-state index in [4.69, 9.17) is 4.42 Å². The second kappa shape index (κ2) is 7.05. The number of benzene rings is 1. The molecule has 1 saturated carbocycles. The Morgan fingerprint density at radius 2 is 1.86 bits per heavy atom. The molecule has 0 spiro atoms. The predicted octanol–water partition coefficient (Wildman–Crippen LogP) is 6.78. The van der Waals surface area contributed by atoms with Crippen LogP contribution in [0.2, 0.25) is 0 Å². The van der Waals surface area contributed by atoms with Gasteiger partial charge in [-0.25, -0.2) is 4.98 Å². The Hall–Kier alpha value is -2.68. The van der Waals surface area contributed by atoms with Gasteiger partial charge in [0.2, 0.25) is 5.71 Å². The summed E-state index contributed by atoms with van der Waals surface area (Å²) in [6, 6.07) is 12.9. The van der Waals surface area contributed by atoms with Gasteiger partial charge in [-0.1, -0.05) is 38.2 Å². The van der Waals surface area contributed by atoms with Gasteiger partial charge in [-0.15, -0.1) is 0 Å². The van der Waals surface area contributed by atoms with Gasteiger partial charge in [0, 0.05) is 28.2 Å². The summed E-state index contributed by atoms with van der Waals surface area (Å²) in [5.74, 6) is 0.820.